The van der Waals surface area contributed by atoms with Crippen LogP contribution in [0.25, 0.3) is 77.0 Å². The maximum atomic E-state index is 5.25. The Hall–Kier alpha value is -6.02. The molecule has 0 amide bonds. The number of hydrogen-bond donors (Lipinski definition) is 0. The van der Waals surface area contributed by atoms with Crippen LogP contribution in [0, 0.1) is 6.92 Å². The molecule has 5 nitrogen and oxygen atoms in total. The van der Waals surface area contributed by atoms with Crippen LogP contribution in [0.3, 0.4) is 0 Å². The normalized spacial score (nSPS) is 11.3. The van der Waals surface area contributed by atoms with Gasteiger partial charge in [0.25, 0.3) is 0 Å². The van der Waals surface area contributed by atoms with Crippen molar-refractivity contribution in [3.05, 3.63) is 163 Å². The number of thiophene rings is 1. The largest absolute Gasteiger partial charge is 0.235 e. The molecule has 0 aliphatic rings. The van der Waals surface area contributed by atoms with Crippen LogP contribution < -0.4 is 0 Å². The van der Waals surface area contributed by atoms with E-state index in [-0.39, 0.29) is 0 Å². The van der Waals surface area contributed by atoms with Crippen molar-refractivity contribution in [1.82, 2.24) is 24.9 Å². The van der Waals surface area contributed by atoms with Crippen LogP contribution in [0.15, 0.2) is 168 Å². The summed E-state index contributed by atoms with van der Waals surface area (Å²) in [5.74, 6) is 2.64. The summed E-state index contributed by atoms with van der Waals surface area (Å²) in [6, 6.07) is 52.0. The van der Waals surface area contributed by atoms with Gasteiger partial charge in [0.1, 0.15) is 0 Å². The number of hydrogen-bond acceptors (Lipinski definition) is 7. The Morgan fingerprint density at radius 1 is 0.490 bits per heavy atom. The summed E-state index contributed by atoms with van der Waals surface area (Å²) in [5, 5.41) is 2.35. The standard InChI is InChI=1S/C44H29N5S2/c1-28-20-22-29(23-21-28)39-38(50-33-16-9-4-10-17-33)27-45-44(46-39)36-19-11-18-35-34-25-24-32(26-37(34)51-40(35)36)43-48-41(30-12-5-2-6-13-30)47-42(49-43)31-14-7-3-8-15-31/h2-27H,1H3. The summed E-state index contributed by atoms with van der Waals surface area (Å²) in [4.78, 5) is 27.2. The molecule has 0 aliphatic carbocycles. The molecule has 0 saturated carbocycles. The molecule has 0 fully saturated rings. The SMILES string of the molecule is Cc1ccc(-c2nc(-c3cccc4c3sc3cc(-c5nc(-c6ccccc6)nc(-c6ccccc6)n5)ccc34)ncc2Sc2ccccc2)cc1. The van der Waals surface area contributed by atoms with Gasteiger partial charge in [-0.15, -0.1) is 11.3 Å². The van der Waals surface area contributed by atoms with Crippen LogP contribution in [0.5, 0.6) is 0 Å². The molecule has 0 saturated heterocycles. The van der Waals surface area contributed by atoms with E-state index in [2.05, 4.69) is 91.9 Å². The molecular weight excluding hydrogens is 663 g/mol. The lowest BCUT2D eigenvalue weighted by atomic mass is 10.1. The fourth-order valence-electron chi connectivity index (χ4n) is 6.16. The number of rotatable bonds is 7. The van der Waals surface area contributed by atoms with Crippen molar-refractivity contribution in [3.8, 4) is 56.8 Å². The average Bonchev–Trinajstić information content (AvgIpc) is 3.58. The molecule has 0 atom stereocenters. The average molecular weight is 692 g/mol. The van der Waals surface area contributed by atoms with E-state index in [0.717, 1.165) is 52.7 Å². The van der Waals surface area contributed by atoms with E-state index in [1.165, 1.54) is 16.3 Å². The molecule has 0 aliphatic heterocycles. The minimum absolute atomic E-state index is 0.639. The third-order valence-corrected chi connectivity index (χ3v) is 11.0. The van der Waals surface area contributed by atoms with Gasteiger partial charge in [-0.3, -0.25) is 0 Å². The van der Waals surface area contributed by atoms with E-state index in [4.69, 9.17) is 24.9 Å². The molecule has 242 valence electrons. The maximum absolute atomic E-state index is 5.25. The van der Waals surface area contributed by atoms with E-state index in [1.807, 2.05) is 72.9 Å². The lowest BCUT2D eigenvalue weighted by Crippen LogP contribution is -1.99. The Balaban J connectivity index is 1.16. The zero-order chi connectivity index (χ0) is 34.1. The zero-order valence-corrected chi connectivity index (χ0v) is 29.2. The van der Waals surface area contributed by atoms with E-state index >= 15 is 0 Å². The molecule has 51 heavy (non-hydrogen) atoms. The van der Waals surface area contributed by atoms with Gasteiger partial charge in [0, 0.05) is 59.1 Å². The second-order valence-corrected chi connectivity index (χ2v) is 14.4. The maximum Gasteiger partial charge on any atom is 0.164 e. The van der Waals surface area contributed by atoms with Gasteiger partial charge in [-0.1, -0.05) is 145 Å². The highest BCUT2D eigenvalue weighted by Crippen LogP contribution is 2.42. The van der Waals surface area contributed by atoms with Gasteiger partial charge in [-0.2, -0.15) is 0 Å². The van der Waals surface area contributed by atoms with Crippen molar-refractivity contribution >= 4 is 43.3 Å². The first-order valence-electron chi connectivity index (χ1n) is 16.7. The fourth-order valence-corrected chi connectivity index (χ4v) is 8.32. The Labute approximate surface area is 303 Å². The van der Waals surface area contributed by atoms with Gasteiger partial charge in [0.2, 0.25) is 0 Å². The lowest BCUT2D eigenvalue weighted by Gasteiger charge is -2.11. The van der Waals surface area contributed by atoms with Crippen molar-refractivity contribution < 1.29 is 0 Å². The van der Waals surface area contributed by atoms with Crippen molar-refractivity contribution in [2.24, 2.45) is 0 Å². The summed E-state index contributed by atoms with van der Waals surface area (Å²) in [7, 11) is 0. The van der Waals surface area contributed by atoms with Gasteiger partial charge in [0.15, 0.2) is 23.3 Å². The molecule has 0 unspecified atom stereocenters. The first kappa shape index (κ1) is 31.0. The van der Waals surface area contributed by atoms with Gasteiger partial charge >= 0.3 is 0 Å². The highest BCUT2D eigenvalue weighted by Gasteiger charge is 2.18. The minimum atomic E-state index is 0.639. The molecule has 0 spiro atoms. The third-order valence-electron chi connectivity index (χ3n) is 8.75. The van der Waals surface area contributed by atoms with Crippen LogP contribution in [0.4, 0.5) is 0 Å². The molecule has 0 radical (unpaired) electrons. The van der Waals surface area contributed by atoms with Crippen LogP contribution in [0.1, 0.15) is 5.56 Å². The summed E-state index contributed by atoms with van der Waals surface area (Å²) in [5.41, 5.74) is 7.05. The Morgan fingerprint density at radius 3 is 1.76 bits per heavy atom. The highest BCUT2D eigenvalue weighted by molar-refractivity contribution is 7.99. The number of nitrogens with zero attached hydrogens (tertiary/aromatic N) is 5. The fraction of sp³-hybridized carbons (Fsp3) is 0.0227. The lowest BCUT2D eigenvalue weighted by molar-refractivity contribution is 1.07. The Morgan fingerprint density at radius 2 is 1.10 bits per heavy atom. The zero-order valence-electron chi connectivity index (χ0n) is 27.6. The predicted molar refractivity (Wildman–Crippen MR) is 211 cm³/mol. The first-order valence-corrected chi connectivity index (χ1v) is 18.3. The van der Waals surface area contributed by atoms with E-state index < -0.39 is 0 Å². The van der Waals surface area contributed by atoms with Crippen molar-refractivity contribution in [2.45, 2.75) is 16.7 Å². The highest BCUT2D eigenvalue weighted by atomic mass is 32.2. The van der Waals surface area contributed by atoms with Crippen LogP contribution in [-0.2, 0) is 0 Å². The first-order chi connectivity index (χ1) is 25.2. The molecule has 3 aromatic heterocycles. The predicted octanol–water partition coefficient (Wildman–Crippen LogP) is 11.8. The Kier molecular flexibility index (Phi) is 8.12. The molecule has 9 rings (SSSR count). The molecule has 3 heterocycles. The molecule has 0 N–H and O–H groups in total. The van der Waals surface area contributed by atoms with Gasteiger partial charge in [-0.25, -0.2) is 24.9 Å². The van der Waals surface area contributed by atoms with Crippen LogP contribution in [-0.4, -0.2) is 24.9 Å². The van der Waals surface area contributed by atoms with Crippen molar-refractivity contribution in [1.29, 1.82) is 0 Å². The van der Waals surface area contributed by atoms with Crippen LogP contribution in [0.2, 0.25) is 0 Å². The number of aromatic nitrogens is 5. The van der Waals surface area contributed by atoms with E-state index in [9.17, 15) is 0 Å². The third kappa shape index (κ3) is 6.18. The number of fused-ring (bicyclic) bond motifs is 3. The smallest absolute Gasteiger partial charge is 0.164 e. The minimum Gasteiger partial charge on any atom is -0.235 e. The molecule has 6 aromatic carbocycles. The summed E-state index contributed by atoms with van der Waals surface area (Å²) in [6.07, 6.45) is 1.97. The second-order valence-electron chi connectivity index (χ2n) is 12.2. The number of aryl methyl sites for hydroxylation is 1. The number of benzene rings is 6. The second kappa shape index (κ2) is 13.4. The van der Waals surface area contributed by atoms with Gasteiger partial charge in [0.05, 0.1) is 10.6 Å². The van der Waals surface area contributed by atoms with Crippen molar-refractivity contribution in [2.75, 3.05) is 0 Å². The topological polar surface area (TPSA) is 64.5 Å². The molecule has 0 bridgehead atoms. The molecular formula is C44H29N5S2. The molecule has 9 aromatic rings. The summed E-state index contributed by atoms with van der Waals surface area (Å²) < 4.78 is 2.29. The Bertz CT molecular complexity index is 2600. The van der Waals surface area contributed by atoms with Gasteiger partial charge in [-0.05, 0) is 31.2 Å². The van der Waals surface area contributed by atoms with E-state index in [0.29, 0.717) is 23.3 Å². The quantitative estimate of drug-likeness (QED) is 0.166. The van der Waals surface area contributed by atoms with Crippen molar-refractivity contribution in [3.63, 3.8) is 0 Å². The summed E-state index contributed by atoms with van der Waals surface area (Å²) in [6.45, 7) is 2.10. The molecule has 7 heteroatoms. The monoisotopic (exact) mass is 691 g/mol. The van der Waals surface area contributed by atoms with E-state index in [1.54, 1.807) is 23.1 Å². The van der Waals surface area contributed by atoms with Crippen LogP contribution >= 0.6 is 23.1 Å². The summed E-state index contributed by atoms with van der Waals surface area (Å²) >= 11 is 3.43. The van der Waals surface area contributed by atoms with Gasteiger partial charge < -0.3 is 0 Å².